The zero-order chi connectivity index (χ0) is 29.1. The van der Waals surface area contributed by atoms with Gasteiger partial charge in [-0.25, -0.2) is 14.6 Å². The molecule has 0 fully saturated rings. The first-order valence-corrected chi connectivity index (χ1v) is 12.8. The predicted molar refractivity (Wildman–Crippen MR) is 155 cm³/mol. The van der Waals surface area contributed by atoms with Gasteiger partial charge in [0.05, 0.1) is 30.6 Å². The second-order valence-corrected chi connectivity index (χ2v) is 9.42. The van der Waals surface area contributed by atoms with Crippen LogP contribution in [0, 0.1) is 0 Å². The number of benzene rings is 3. The Labute approximate surface area is 233 Å². The number of carbonyl (C=O) groups is 2. The summed E-state index contributed by atoms with van der Waals surface area (Å²) in [4.78, 5) is 41.9. The SMILES string of the molecule is COC(=O)Nc1nc2ccc(C(=O)c3ccccc3)cc2[nH]1.COc1c(C(C)C)oc2cc3oc(=O)ccc3cc12. The monoisotopic (exact) mass is 553 g/mol. The number of hydrogen-bond donors (Lipinski definition) is 2. The predicted octanol–water partition coefficient (Wildman–Crippen LogP) is 6.64. The van der Waals surface area contributed by atoms with Crippen LogP contribution in [0.25, 0.3) is 33.0 Å². The van der Waals surface area contributed by atoms with Gasteiger partial charge in [-0.15, -0.1) is 0 Å². The lowest BCUT2D eigenvalue weighted by atomic mass is 10.0. The number of amides is 1. The van der Waals surface area contributed by atoms with Crippen LogP contribution in [0.2, 0.25) is 0 Å². The Morgan fingerprint density at radius 2 is 1.68 bits per heavy atom. The fraction of sp³-hybridized carbons (Fsp3) is 0.161. The largest absolute Gasteiger partial charge is 0.492 e. The van der Waals surface area contributed by atoms with Gasteiger partial charge in [-0.2, -0.15) is 0 Å². The number of hydrogen-bond acceptors (Lipinski definition) is 8. The van der Waals surface area contributed by atoms with Gasteiger partial charge in [0, 0.05) is 34.6 Å². The van der Waals surface area contributed by atoms with Crippen molar-refractivity contribution < 1.29 is 27.9 Å². The average Bonchev–Trinajstić information content (AvgIpc) is 3.55. The number of anilines is 1. The number of rotatable bonds is 5. The highest BCUT2D eigenvalue weighted by atomic mass is 16.5. The third-order valence-electron chi connectivity index (χ3n) is 6.32. The van der Waals surface area contributed by atoms with E-state index >= 15 is 0 Å². The molecule has 0 aliphatic rings. The number of aromatic nitrogens is 2. The Hall–Kier alpha value is -5.38. The van der Waals surface area contributed by atoms with Crippen LogP contribution >= 0.6 is 0 Å². The summed E-state index contributed by atoms with van der Waals surface area (Å²) in [6.45, 7) is 4.08. The summed E-state index contributed by atoms with van der Waals surface area (Å²) in [6.07, 6.45) is -0.611. The van der Waals surface area contributed by atoms with Crippen LogP contribution in [-0.4, -0.2) is 36.1 Å². The molecule has 0 aliphatic heterocycles. The molecular weight excluding hydrogens is 526 g/mol. The first kappa shape index (κ1) is 27.2. The zero-order valence-corrected chi connectivity index (χ0v) is 22.8. The standard InChI is InChI=1S/C16H13N3O3.C15H14O4/c1-22-16(21)19-15-17-12-8-7-11(9-13(12)18-15)14(20)10-5-3-2-4-6-10;1-8(2)14-15(17-3)10-6-9-4-5-13(16)18-11(9)7-12(10)19-14/h2-9H,1H3,(H2,17,18,19,21);4-8H,1-3H3. The Kier molecular flexibility index (Phi) is 7.55. The molecule has 0 saturated carbocycles. The fourth-order valence-corrected chi connectivity index (χ4v) is 4.36. The molecule has 1 amide bonds. The number of aromatic amines is 1. The van der Waals surface area contributed by atoms with Crippen molar-refractivity contribution in [1.29, 1.82) is 0 Å². The third kappa shape index (κ3) is 5.67. The van der Waals surface area contributed by atoms with Crippen molar-refractivity contribution in [2.75, 3.05) is 19.5 Å². The summed E-state index contributed by atoms with van der Waals surface area (Å²) in [5.74, 6) is 1.97. The molecule has 6 aromatic rings. The maximum absolute atomic E-state index is 12.4. The molecule has 0 radical (unpaired) electrons. The molecule has 3 aromatic carbocycles. The summed E-state index contributed by atoms with van der Waals surface area (Å²) >= 11 is 0. The Morgan fingerprint density at radius 1 is 0.902 bits per heavy atom. The molecule has 0 saturated heterocycles. The average molecular weight is 554 g/mol. The quantitative estimate of drug-likeness (QED) is 0.179. The van der Waals surface area contributed by atoms with Crippen LogP contribution in [0.1, 0.15) is 41.4 Å². The van der Waals surface area contributed by atoms with E-state index in [0.29, 0.717) is 33.3 Å². The minimum absolute atomic E-state index is 0.0698. The van der Waals surface area contributed by atoms with Gasteiger partial charge in [0.25, 0.3) is 0 Å². The van der Waals surface area contributed by atoms with Gasteiger partial charge >= 0.3 is 11.7 Å². The first-order valence-electron chi connectivity index (χ1n) is 12.8. The van der Waals surface area contributed by atoms with Crippen LogP contribution in [0.5, 0.6) is 5.75 Å². The summed E-state index contributed by atoms with van der Waals surface area (Å²) < 4.78 is 20.9. The van der Waals surface area contributed by atoms with Gasteiger partial charge in [0.1, 0.15) is 16.9 Å². The maximum atomic E-state index is 12.4. The molecule has 208 valence electrons. The second-order valence-electron chi connectivity index (χ2n) is 9.42. The number of nitrogens with one attached hydrogen (secondary N) is 2. The maximum Gasteiger partial charge on any atom is 0.413 e. The lowest BCUT2D eigenvalue weighted by molar-refractivity contribution is 0.103. The van der Waals surface area contributed by atoms with Crippen molar-refractivity contribution in [3.8, 4) is 5.75 Å². The summed E-state index contributed by atoms with van der Waals surface area (Å²) in [7, 11) is 2.90. The van der Waals surface area contributed by atoms with Crippen LogP contribution in [0.3, 0.4) is 0 Å². The molecule has 3 aromatic heterocycles. The third-order valence-corrected chi connectivity index (χ3v) is 6.32. The Bertz CT molecular complexity index is 1930. The van der Waals surface area contributed by atoms with E-state index < -0.39 is 6.09 Å². The van der Waals surface area contributed by atoms with E-state index in [9.17, 15) is 14.4 Å². The van der Waals surface area contributed by atoms with E-state index in [1.807, 2.05) is 38.1 Å². The number of carbonyl (C=O) groups excluding carboxylic acids is 2. The number of fused-ring (bicyclic) bond motifs is 3. The van der Waals surface area contributed by atoms with E-state index in [0.717, 1.165) is 22.3 Å². The van der Waals surface area contributed by atoms with Crippen LogP contribution in [0.15, 0.2) is 86.4 Å². The number of furan rings is 1. The van der Waals surface area contributed by atoms with Gasteiger partial charge in [0.15, 0.2) is 11.5 Å². The molecule has 0 unspecified atom stereocenters. The molecule has 0 spiro atoms. The molecule has 0 atom stereocenters. The van der Waals surface area contributed by atoms with Gasteiger partial charge in [-0.1, -0.05) is 44.2 Å². The van der Waals surface area contributed by atoms with Crippen LogP contribution < -0.4 is 15.7 Å². The topological polar surface area (TPSA) is 137 Å². The highest BCUT2D eigenvalue weighted by Gasteiger charge is 2.19. The molecule has 0 aliphatic carbocycles. The van der Waals surface area contributed by atoms with Gasteiger partial charge in [-0.3, -0.25) is 10.1 Å². The van der Waals surface area contributed by atoms with E-state index in [1.165, 1.54) is 13.2 Å². The molecular formula is C31H27N3O7. The van der Waals surface area contributed by atoms with Crippen molar-refractivity contribution >= 4 is 50.8 Å². The molecule has 3 heterocycles. The fourth-order valence-electron chi connectivity index (χ4n) is 4.36. The van der Waals surface area contributed by atoms with Crippen LogP contribution in [-0.2, 0) is 4.74 Å². The van der Waals surface area contributed by atoms with Crippen molar-refractivity contribution in [1.82, 2.24) is 9.97 Å². The van der Waals surface area contributed by atoms with Crippen molar-refractivity contribution in [2.24, 2.45) is 0 Å². The van der Waals surface area contributed by atoms with E-state index in [2.05, 4.69) is 20.0 Å². The number of ketones is 1. The number of imidazole rings is 1. The van der Waals surface area contributed by atoms with Crippen molar-refractivity contribution in [3.63, 3.8) is 0 Å². The summed E-state index contributed by atoms with van der Waals surface area (Å²) in [5, 5.41) is 4.19. The minimum atomic E-state index is -0.611. The van der Waals surface area contributed by atoms with E-state index in [-0.39, 0.29) is 23.3 Å². The number of nitrogens with zero attached hydrogens (tertiary/aromatic N) is 1. The van der Waals surface area contributed by atoms with Gasteiger partial charge in [-0.05, 0) is 30.3 Å². The number of H-pyrrole nitrogens is 1. The first-order chi connectivity index (χ1) is 19.8. The van der Waals surface area contributed by atoms with Crippen molar-refractivity contribution in [3.05, 3.63) is 100 Å². The molecule has 0 bridgehead atoms. The lowest BCUT2D eigenvalue weighted by Gasteiger charge is -2.03. The summed E-state index contributed by atoms with van der Waals surface area (Å²) in [5.41, 5.74) is 3.30. The van der Waals surface area contributed by atoms with Gasteiger partial charge < -0.3 is 23.3 Å². The molecule has 10 nitrogen and oxygen atoms in total. The smallest absolute Gasteiger partial charge is 0.413 e. The van der Waals surface area contributed by atoms with Gasteiger partial charge in [0.2, 0.25) is 5.95 Å². The molecule has 2 N–H and O–H groups in total. The highest BCUT2D eigenvalue weighted by molar-refractivity contribution is 6.10. The molecule has 10 heteroatoms. The zero-order valence-electron chi connectivity index (χ0n) is 22.8. The molecule has 6 rings (SSSR count). The van der Waals surface area contributed by atoms with Crippen LogP contribution in [0.4, 0.5) is 10.7 Å². The molecule has 41 heavy (non-hydrogen) atoms. The lowest BCUT2D eigenvalue weighted by Crippen LogP contribution is -2.11. The summed E-state index contributed by atoms with van der Waals surface area (Å²) in [6, 6.07) is 21.0. The van der Waals surface area contributed by atoms with Crippen molar-refractivity contribution in [2.45, 2.75) is 19.8 Å². The number of ether oxygens (including phenoxy) is 2. The minimum Gasteiger partial charge on any atom is -0.492 e. The Morgan fingerprint density at radius 3 is 2.39 bits per heavy atom. The second kappa shape index (κ2) is 11.4. The Balaban J connectivity index is 0.000000166. The normalized spacial score (nSPS) is 11.0. The van der Waals surface area contributed by atoms with E-state index in [4.69, 9.17) is 13.6 Å². The van der Waals surface area contributed by atoms with E-state index in [1.54, 1.807) is 49.6 Å². The number of methoxy groups -OCH3 is 2. The highest BCUT2D eigenvalue weighted by Crippen LogP contribution is 2.38.